The quantitative estimate of drug-likeness (QED) is 0.810. The lowest BCUT2D eigenvalue weighted by Crippen LogP contribution is -2.42. The zero-order chi connectivity index (χ0) is 14.0. The molecule has 1 unspecified atom stereocenters. The van der Waals surface area contributed by atoms with Crippen molar-refractivity contribution in [2.24, 2.45) is 0 Å². The number of methoxy groups -OCH3 is 1. The van der Waals surface area contributed by atoms with Crippen molar-refractivity contribution in [1.29, 1.82) is 0 Å². The summed E-state index contributed by atoms with van der Waals surface area (Å²) in [5, 5.41) is 0. The van der Waals surface area contributed by atoms with Crippen molar-refractivity contribution in [1.82, 2.24) is 0 Å². The van der Waals surface area contributed by atoms with E-state index in [4.69, 9.17) is 9.47 Å². The number of fused-ring (bicyclic) bond motifs is 1. The third kappa shape index (κ3) is 2.20. The lowest BCUT2D eigenvalue weighted by atomic mass is 9.79. The maximum Gasteiger partial charge on any atom is 0.139 e. The summed E-state index contributed by atoms with van der Waals surface area (Å²) in [4.78, 5) is 2.24. The number of nitrogens with zero attached hydrogens (tertiary/aromatic N) is 1. The molecule has 19 heavy (non-hydrogen) atoms. The van der Waals surface area contributed by atoms with Crippen LogP contribution < -0.4 is 9.64 Å². The van der Waals surface area contributed by atoms with E-state index in [-0.39, 0.29) is 11.6 Å². The average molecular weight is 263 g/mol. The predicted octanol–water partition coefficient (Wildman–Crippen LogP) is 3.57. The Bertz CT molecular complexity index is 446. The fourth-order valence-corrected chi connectivity index (χ4v) is 3.42. The van der Waals surface area contributed by atoms with Crippen molar-refractivity contribution >= 4 is 5.69 Å². The number of hydrogen-bond donors (Lipinski definition) is 0. The van der Waals surface area contributed by atoms with Gasteiger partial charge in [-0.2, -0.15) is 0 Å². The third-order valence-corrected chi connectivity index (χ3v) is 4.16. The van der Waals surface area contributed by atoms with E-state index in [1.807, 2.05) is 13.0 Å². The minimum atomic E-state index is 0.0285. The van der Waals surface area contributed by atoms with Crippen molar-refractivity contribution in [2.75, 3.05) is 25.7 Å². The summed E-state index contributed by atoms with van der Waals surface area (Å²) in [6.07, 6.45) is 2.35. The molecule has 106 valence electrons. The molecule has 0 saturated heterocycles. The van der Waals surface area contributed by atoms with E-state index in [1.165, 1.54) is 11.3 Å². The van der Waals surface area contributed by atoms with Crippen molar-refractivity contribution in [3.8, 4) is 5.75 Å². The van der Waals surface area contributed by atoms with Crippen LogP contribution in [-0.4, -0.2) is 27.0 Å². The monoisotopic (exact) mass is 263 g/mol. The number of ether oxygens (including phenoxy) is 2. The molecule has 0 aliphatic carbocycles. The Kier molecular flexibility index (Phi) is 4.04. The van der Waals surface area contributed by atoms with Crippen LogP contribution in [0, 0.1) is 0 Å². The molecule has 0 saturated carbocycles. The van der Waals surface area contributed by atoms with Crippen molar-refractivity contribution < 1.29 is 9.47 Å². The van der Waals surface area contributed by atoms with Crippen LogP contribution in [0.15, 0.2) is 18.2 Å². The number of rotatable bonds is 5. The Balaban J connectivity index is 2.48. The molecule has 1 aliphatic heterocycles. The summed E-state index contributed by atoms with van der Waals surface area (Å²) in [5.41, 5.74) is 2.63. The standard InChI is InChI=1S/C16H25NO2/c1-6-10-16(3)13-11-12(19-7-2)8-9-14(13)17(4)15(16)18-5/h8-9,11,15H,6-7,10H2,1-5H3/t15?,16-/m0/s1. The number of hydrogen-bond acceptors (Lipinski definition) is 3. The first-order valence-corrected chi connectivity index (χ1v) is 7.11. The third-order valence-electron chi connectivity index (χ3n) is 4.16. The largest absolute Gasteiger partial charge is 0.494 e. The molecule has 0 radical (unpaired) electrons. The van der Waals surface area contributed by atoms with Gasteiger partial charge in [0, 0.05) is 25.3 Å². The second kappa shape index (κ2) is 5.41. The van der Waals surface area contributed by atoms with Gasteiger partial charge >= 0.3 is 0 Å². The first kappa shape index (κ1) is 14.2. The van der Waals surface area contributed by atoms with Gasteiger partial charge in [0.15, 0.2) is 0 Å². The van der Waals surface area contributed by atoms with E-state index in [0.29, 0.717) is 6.61 Å². The Morgan fingerprint density at radius 3 is 2.63 bits per heavy atom. The van der Waals surface area contributed by atoms with Gasteiger partial charge in [-0.3, -0.25) is 0 Å². The van der Waals surface area contributed by atoms with Gasteiger partial charge in [0.2, 0.25) is 0 Å². The highest BCUT2D eigenvalue weighted by Gasteiger charge is 2.46. The first-order valence-electron chi connectivity index (χ1n) is 7.11. The minimum Gasteiger partial charge on any atom is -0.494 e. The van der Waals surface area contributed by atoms with E-state index < -0.39 is 0 Å². The van der Waals surface area contributed by atoms with Gasteiger partial charge in [-0.1, -0.05) is 20.3 Å². The highest BCUT2D eigenvalue weighted by molar-refractivity contribution is 5.65. The Morgan fingerprint density at radius 1 is 1.32 bits per heavy atom. The molecule has 3 nitrogen and oxygen atoms in total. The zero-order valence-corrected chi connectivity index (χ0v) is 12.7. The molecule has 0 aromatic heterocycles. The maximum atomic E-state index is 5.76. The SMILES string of the molecule is CCC[C@@]1(C)c2cc(OCC)ccc2N(C)C1OC. The van der Waals surface area contributed by atoms with Crippen LogP contribution in [0.4, 0.5) is 5.69 Å². The zero-order valence-electron chi connectivity index (χ0n) is 12.7. The van der Waals surface area contributed by atoms with Crippen molar-refractivity contribution in [3.63, 3.8) is 0 Å². The maximum absolute atomic E-state index is 5.76. The molecular formula is C16H25NO2. The fourth-order valence-electron chi connectivity index (χ4n) is 3.42. The molecule has 1 aliphatic rings. The van der Waals surface area contributed by atoms with Gasteiger partial charge in [-0.15, -0.1) is 0 Å². The highest BCUT2D eigenvalue weighted by atomic mass is 16.5. The van der Waals surface area contributed by atoms with E-state index in [0.717, 1.165) is 18.6 Å². The Hall–Kier alpha value is -1.22. The first-order chi connectivity index (χ1) is 9.08. The van der Waals surface area contributed by atoms with Gasteiger partial charge in [0.05, 0.1) is 6.61 Å². The van der Waals surface area contributed by atoms with E-state index in [9.17, 15) is 0 Å². The van der Waals surface area contributed by atoms with Crippen LogP contribution in [0.3, 0.4) is 0 Å². The molecule has 0 amide bonds. The molecule has 1 aromatic carbocycles. The Labute approximate surface area is 116 Å². The molecule has 2 rings (SSSR count). The van der Waals surface area contributed by atoms with E-state index in [2.05, 4.69) is 37.9 Å². The van der Waals surface area contributed by atoms with Crippen LogP contribution >= 0.6 is 0 Å². The molecule has 3 heteroatoms. The molecule has 0 spiro atoms. The molecular weight excluding hydrogens is 238 g/mol. The van der Waals surface area contributed by atoms with Crippen LogP contribution in [0.1, 0.15) is 39.2 Å². The summed E-state index contributed by atoms with van der Waals surface area (Å²) in [6, 6.07) is 6.38. The van der Waals surface area contributed by atoms with Crippen LogP contribution in [0.25, 0.3) is 0 Å². The molecule has 2 atom stereocenters. The van der Waals surface area contributed by atoms with Crippen molar-refractivity contribution in [3.05, 3.63) is 23.8 Å². The normalized spacial score (nSPS) is 25.5. The van der Waals surface area contributed by atoms with Crippen molar-refractivity contribution in [2.45, 2.75) is 45.3 Å². The highest BCUT2D eigenvalue weighted by Crippen LogP contribution is 2.48. The lowest BCUT2D eigenvalue weighted by Gasteiger charge is -2.33. The number of benzene rings is 1. The number of anilines is 1. The second-order valence-corrected chi connectivity index (χ2v) is 5.48. The molecule has 0 fully saturated rings. The molecule has 0 bridgehead atoms. The minimum absolute atomic E-state index is 0.0285. The number of likely N-dealkylation sites (N-methyl/N-ethyl adjacent to an activating group) is 1. The van der Waals surface area contributed by atoms with Crippen LogP contribution in [0.2, 0.25) is 0 Å². The van der Waals surface area contributed by atoms with Gasteiger partial charge in [0.1, 0.15) is 12.0 Å². The van der Waals surface area contributed by atoms with Gasteiger partial charge in [-0.05, 0) is 37.1 Å². The van der Waals surface area contributed by atoms with Crippen LogP contribution in [0.5, 0.6) is 5.75 Å². The fraction of sp³-hybridized carbons (Fsp3) is 0.625. The van der Waals surface area contributed by atoms with Gasteiger partial charge in [0.25, 0.3) is 0 Å². The predicted molar refractivity (Wildman–Crippen MR) is 79.1 cm³/mol. The lowest BCUT2D eigenvalue weighted by molar-refractivity contribution is 0.0457. The Morgan fingerprint density at radius 2 is 2.05 bits per heavy atom. The topological polar surface area (TPSA) is 21.7 Å². The smallest absolute Gasteiger partial charge is 0.139 e. The second-order valence-electron chi connectivity index (χ2n) is 5.48. The summed E-state index contributed by atoms with van der Waals surface area (Å²) in [5.74, 6) is 0.953. The van der Waals surface area contributed by atoms with Gasteiger partial charge < -0.3 is 14.4 Å². The summed E-state index contributed by atoms with van der Waals surface area (Å²) in [6.45, 7) is 7.24. The van der Waals surface area contributed by atoms with Crippen LogP contribution in [-0.2, 0) is 10.2 Å². The summed E-state index contributed by atoms with van der Waals surface area (Å²) >= 11 is 0. The molecule has 1 heterocycles. The van der Waals surface area contributed by atoms with Gasteiger partial charge in [-0.25, -0.2) is 0 Å². The summed E-state index contributed by atoms with van der Waals surface area (Å²) in [7, 11) is 3.90. The van der Waals surface area contributed by atoms with E-state index in [1.54, 1.807) is 7.11 Å². The summed E-state index contributed by atoms with van der Waals surface area (Å²) < 4.78 is 11.4. The molecule has 1 aromatic rings. The molecule has 0 N–H and O–H groups in total. The average Bonchev–Trinajstić information content (AvgIpc) is 2.59. The van der Waals surface area contributed by atoms with E-state index >= 15 is 0 Å².